The van der Waals surface area contributed by atoms with Crippen LogP contribution in [0.4, 0.5) is 30.6 Å². The smallest absolute Gasteiger partial charge is 0.367 e. The molecule has 11 heteroatoms. The molecule has 4 aliphatic rings. The minimum absolute atomic E-state index is 0.000685. The molecule has 0 radical (unpaired) electrons. The van der Waals surface area contributed by atoms with Crippen LogP contribution in [0.15, 0.2) is 24.4 Å². The number of aryl methyl sites for hydroxylation is 1. The van der Waals surface area contributed by atoms with Crippen molar-refractivity contribution in [2.75, 3.05) is 17.2 Å². The Balaban J connectivity index is 1.32. The zero-order chi connectivity index (χ0) is 24.8. The van der Waals surface area contributed by atoms with Gasteiger partial charge in [-0.2, -0.15) is 18.2 Å². The van der Waals surface area contributed by atoms with Crippen LogP contribution in [0, 0.1) is 0 Å². The molecule has 4 N–H and O–H groups in total. The summed E-state index contributed by atoms with van der Waals surface area (Å²) in [5, 5.41) is 11.9. The van der Waals surface area contributed by atoms with E-state index in [1.54, 1.807) is 0 Å². The van der Waals surface area contributed by atoms with Gasteiger partial charge in [0.15, 0.2) is 5.78 Å². The highest BCUT2D eigenvalue weighted by molar-refractivity contribution is 5.94. The average Bonchev–Trinajstić information content (AvgIpc) is 3.00. The number of nitrogens with zero attached hydrogens (tertiary/aromatic N) is 2. The number of carbonyl (C=O) groups excluding carboxylic acids is 2. The summed E-state index contributed by atoms with van der Waals surface area (Å²) in [7, 11) is 0. The molecule has 1 saturated heterocycles. The van der Waals surface area contributed by atoms with Gasteiger partial charge >= 0.3 is 6.18 Å². The van der Waals surface area contributed by atoms with Gasteiger partial charge in [0, 0.05) is 30.9 Å². The van der Waals surface area contributed by atoms with Gasteiger partial charge in [-0.25, -0.2) is 4.98 Å². The first-order valence-corrected chi connectivity index (χ1v) is 11.8. The zero-order valence-corrected chi connectivity index (χ0v) is 19.3. The number of hydrogen-bond acceptors (Lipinski definition) is 7. The summed E-state index contributed by atoms with van der Waals surface area (Å²) in [5.41, 5.74) is 1.29. The van der Waals surface area contributed by atoms with Gasteiger partial charge in [-0.3, -0.25) is 14.9 Å². The van der Waals surface area contributed by atoms with Gasteiger partial charge in [0.2, 0.25) is 11.9 Å². The number of fused-ring (bicyclic) bond motifs is 1. The third-order valence-electron chi connectivity index (χ3n) is 7.17. The van der Waals surface area contributed by atoms with Crippen LogP contribution in [0.1, 0.15) is 61.8 Å². The average molecular weight is 489 g/mol. The Morgan fingerprint density at radius 2 is 2.03 bits per heavy atom. The van der Waals surface area contributed by atoms with Gasteiger partial charge in [0.25, 0.3) is 0 Å². The van der Waals surface area contributed by atoms with E-state index in [1.165, 1.54) is 6.92 Å². The third-order valence-corrected chi connectivity index (χ3v) is 7.17. The summed E-state index contributed by atoms with van der Waals surface area (Å²) in [6, 6.07) is 5.77. The molecule has 2 aromatic rings. The summed E-state index contributed by atoms with van der Waals surface area (Å²) < 4.78 is 40.3. The fraction of sp³-hybridized carbons (Fsp3) is 0.500. The van der Waals surface area contributed by atoms with E-state index >= 15 is 0 Å². The standard InChI is InChI=1S/C24H27F3N6O2/c1-13(34)28-12-20(35)23-8-7-14-9-16(5-6-17(14)19(10-23)33-23)31-22-29-11-18(24(25,26)27)21(32-22)30-15-3-2-4-15/h5-6,9,11,15,19,33H,2-4,7-8,10,12H2,1H3,(H,28,34)(H2,29,30,31,32)/t19-,23?/m0/s1. The molecular formula is C24H27F3N6O2. The molecule has 1 aromatic carbocycles. The molecule has 2 bridgehead atoms. The number of rotatable bonds is 7. The second-order valence-corrected chi connectivity index (χ2v) is 9.58. The van der Waals surface area contributed by atoms with Crippen molar-refractivity contribution in [2.45, 2.75) is 69.2 Å². The van der Waals surface area contributed by atoms with E-state index in [1.807, 2.05) is 18.2 Å². The SMILES string of the molecule is CC(=O)NCC(=O)C12CCc3cc(Nc4ncc(C(F)(F)F)c(NC5CCC5)n4)ccc3[C@H](C1)N2. The Morgan fingerprint density at radius 3 is 2.69 bits per heavy atom. The lowest BCUT2D eigenvalue weighted by Gasteiger charge is -2.46. The number of Topliss-reactive ketones (excluding diaryl/α,β-unsaturated/α-hetero) is 1. The monoisotopic (exact) mass is 488 g/mol. The first-order valence-electron chi connectivity index (χ1n) is 11.8. The van der Waals surface area contributed by atoms with Crippen molar-refractivity contribution in [2.24, 2.45) is 0 Å². The molecule has 35 heavy (non-hydrogen) atoms. The van der Waals surface area contributed by atoms with Crippen LogP contribution in [-0.4, -0.2) is 39.8 Å². The first kappa shape index (κ1) is 23.5. The first-order chi connectivity index (χ1) is 16.6. The molecule has 1 aromatic heterocycles. The molecule has 0 spiro atoms. The largest absolute Gasteiger partial charge is 0.421 e. The predicted molar refractivity (Wildman–Crippen MR) is 123 cm³/mol. The van der Waals surface area contributed by atoms with Gasteiger partial charge in [0.1, 0.15) is 11.4 Å². The number of alkyl halides is 3. The Labute approximate surface area is 200 Å². The van der Waals surface area contributed by atoms with Crippen molar-refractivity contribution < 1.29 is 22.8 Å². The van der Waals surface area contributed by atoms with Crippen LogP contribution in [-0.2, 0) is 22.2 Å². The summed E-state index contributed by atoms with van der Waals surface area (Å²) in [5.74, 6) is -0.397. The highest BCUT2D eigenvalue weighted by atomic mass is 19.4. The molecule has 1 saturated carbocycles. The van der Waals surface area contributed by atoms with E-state index in [9.17, 15) is 22.8 Å². The van der Waals surface area contributed by atoms with E-state index in [0.717, 1.165) is 36.6 Å². The van der Waals surface area contributed by atoms with Crippen molar-refractivity contribution in [1.29, 1.82) is 0 Å². The molecule has 1 amide bonds. The quantitative estimate of drug-likeness (QED) is 0.471. The number of benzene rings is 1. The normalized spacial score (nSPS) is 23.3. The Kier molecular flexibility index (Phi) is 5.90. The number of ketones is 1. The van der Waals surface area contributed by atoms with Crippen molar-refractivity contribution >= 4 is 29.1 Å². The summed E-state index contributed by atoms with van der Waals surface area (Å²) >= 11 is 0. The molecule has 2 fully saturated rings. The number of halogens is 3. The summed E-state index contributed by atoms with van der Waals surface area (Å²) in [4.78, 5) is 31.9. The minimum Gasteiger partial charge on any atom is -0.367 e. The third kappa shape index (κ3) is 4.69. The lowest BCUT2D eigenvalue weighted by Crippen LogP contribution is -2.64. The van der Waals surface area contributed by atoms with E-state index < -0.39 is 17.3 Å². The Hall–Kier alpha value is -3.21. The van der Waals surface area contributed by atoms with Crippen molar-refractivity contribution in [1.82, 2.24) is 20.6 Å². The van der Waals surface area contributed by atoms with Crippen LogP contribution in [0.3, 0.4) is 0 Å². The molecule has 2 aliphatic carbocycles. The predicted octanol–water partition coefficient (Wildman–Crippen LogP) is 3.63. The van der Waals surface area contributed by atoms with E-state index in [-0.39, 0.29) is 42.1 Å². The number of carbonyl (C=O) groups is 2. The molecule has 3 heterocycles. The molecule has 1 unspecified atom stereocenters. The van der Waals surface area contributed by atoms with Crippen molar-refractivity contribution in [3.63, 3.8) is 0 Å². The second-order valence-electron chi connectivity index (χ2n) is 9.58. The molecular weight excluding hydrogens is 461 g/mol. The van der Waals surface area contributed by atoms with E-state index in [0.29, 0.717) is 24.9 Å². The molecule has 2 atom stereocenters. The maximum Gasteiger partial charge on any atom is 0.421 e. The molecule has 186 valence electrons. The van der Waals surface area contributed by atoms with Crippen LogP contribution < -0.4 is 21.3 Å². The van der Waals surface area contributed by atoms with Gasteiger partial charge in [0.05, 0.1) is 12.1 Å². The van der Waals surface area contributed by atoms with Crippen molar-refractivity contribution in [3.05, 3.63) is 41.1 Å². The van der Waals surface area contributed by atoms with Crippen LogP contribution in [0.25, 0.3) is 0 Å². The van der Waals surface area contributed by atoms with Gasteiger partial charge in [-0.05, 0) is 61.8 Å². The summed E-state index contributed by atoms with van der Waals surface area (Å²) in [6.07, 6.45) is 0.813. The fourth-order valence-corrected chi connectivity index (χ4v) is 4.95. The number of amides is 1. The van der Waals surface area contributed by atoms with Crippen molar-refractivity contribution in [3.8, 4) is 0 Å². The molecule has 6 rings (SSSR count). The number of anilines is 3. The fourth-order valence-electron chi connectivity index (χ4n) is 4.95. The van der Waals surface area contributed by atoms with E-state index in [4.69, 9.17) is 0 Å². The highest BCUT2D eigenvalue weighted by Crippen LogP contribution is 2.45. The number of aromatic nitrogens is 2. The maximum atomic E-state index is 13.4. The topological polar surface area (TPSA) is 108 Å². The Bertz CT molecular complexity index is 1160. The number of nitrogens with one attached hydrogen (secondary N) is 4. The number of hydrogen-bond donors (Lipinski definition) is 4. The zero-order valence-electron chi connectivity index (χ0n) is 19.3. The highest BCUT2D eigenvalue weighted by Gasteiger charge is 2.51. The lowest BCUT2D eigenvalue weighted by atomic mass is 9.75. The molecule has 2 aliphatic heterocycles. The Morgan fingerprint density at radius 1 is 1.26 bits per heavy atom. The maximum absolute atomic E-state index is 13.4. The van der Waals surface area contributed by atoms with E-state index in [2.05, 4.69) is 31.2 Å². The minimum atomic E-state index is -4.55. The molecule has 8 nitrogen and oxygen atoms in total. The van der Waals surface area contributed by atoms with Crippen LogP contribution in [0.2, 0.25) is 0 Å². The van der Waals surface area contributed by atoms with Gasteiger partial charge in [-0.1, -0.05) is 6.07 Å². The van der Waals surface area contributed by atoms with Gasteiger partial charge < -0.3 is 16.0 Å². The lowest BCUT2D eigenvalue weighted by molar-refractivity contribution is -0.137. The summed E-state index contributed by atoms with van der Waals surface area (Å²) in [6.45, 7) is 1.38. The van der Waals surface area contributed by atoms with Crippen LogP contribution in [0.5, 0.6) is 0 Å². The van der Waals surface area contributed by atoms with Gasteiger partial charge in [-0.15, -0.1) is 0 Å². The van der Waals surface area contributed by atoms with Crippen LogP contribution >= 0.6 is 0 Å². The second kappa shape index (κ2) is 8.78.